The second-order valence-corrected chi connectivity index (χ2v) is 8.65. The first kappa shape index (κ1) is 21.9. The predicted molar refractivity (Wildman–Crippen MR) is 113 cm³/mol. The van der Waals surface area contributed by atoms with Gasteiger partial charge in [0.2, 0.25) is 0 Å². The first-order valence-corrected chi connectivity index (χ1v) is 10.7. The summed E-state index contributed by atoms with van der Waals surface area (Å²) >= 11 is 1.12. The van der Waals surface area contributed by atoms with E-state index in [1.54, 1.807) is 19.9 Å². The molecular weight excluding hydrogens is 440 g/mol. The summed E-state index contributed by atoms with van der Waals surface area (Å²) in [6.07, 6.45) is 0. The molecule has 1 atom stereocenters. The topological polar surface area (TPSA) is 91.6 Å². The molecule has 3 heterocycles. The number of nitrogens with one attached hydrogen (secondary N) is 1. The molecule has 0 unspecified atom stereocenters. The zero-order valence-electron chi connectivity index (χ0n) is 17.7. The minimum Gasteiger partial charge on any atom is -0.361 e. The van der Waals surface area contributed by atoms with Crippen LogP contribution in [0.2, 0.25) is 0 Å². The molecular formula is C21H21F2N5O3S. The van der Waals surface area contributed by atoms with Crippen molar-refractivity contribution in [3.05, 3.63) is 63.5 Å². The second-order valence-electron chi connectivity index (χ2n) is 7.67. The van der Waals surface area contributed by atoms with Gasteiger partial charge in [0.25, 0.3) is 5.91 Å². The van der Waals surface area contributed by atoms with Gasteiger partial charge in [0.05, 0.1) is 18.8 Å². The molecule has 0 bridgehead atoms. The number of hydrogen-bond acceptors (Lipinski definition) is 6. The van der Waals surface area contributed by atoms with Crippen molar-refractivity contribution in [3.8, 4) is 0 Å². The van der Waals surface area contributed by atoms with E-state index < -0.39 is 11.6 Å². The van der Waals surface area contributed by atoms with Crippen molar-refractivity contribution in [2.24, 2.45) is 0 Å². The molecule has 1 aliphatic rings. The van der Waals surface area contributed by atoms with E-state index in [0.717, 1.165) is 17.4 Å². The van der Waals surface area contributed by atoms with E-state index in [9.17, 15) is 18.4 Å². The van der Waals surface area contributed by atoms with Crippen LogP contribution < -0.4 is 10.2 Å². The van der Waals surface area contributed by atoms with Gasteiger partial charge in [0.1, 0.15) is 28.0 Å². The van der Waals surface area contributed by atoms with Gasteiger partial charge in [-0.3, -0.25) is 9.69 Å². The van der Waals surface area contributed by atoms with Crippen LogP contribution >= 0.6 is 11.3 Å². The average molecular weight is 461 g/mol. The van der Waals surface area contributed by atoms with Crippen LogP contribution in [0.5, 0.6) is 0 Å². The molecule has 0 aliphatic carbocycles. The predicted octanol–water partition coefficient (Wildman–Crippen LogP) is 3.79. The fourth-order valence-corrected chi connectivity index (χ4v) is 4.51. The van der Waals surface area contributed by atoms with Crippen molar-refractivity contribution in [1.29, 1.82) is 0 Å². The summed E-state index contributed by atoms with van der Waals surface area (Å²) in [7, 11) is 0. The molecule has 8 nitrogen and oxygen atoms in total. The summed E-state index contributed by atoms with van der Waals surface area (Å²) in [6, 6.07) is 4.40. The maximum atomic E-state index is 13.5. The molecule has 3 aromatic rings. The van der Waals surface area contributed by atoms with Gasteiger partial charge < -0.3 is 14.7 Å². The lowest BCUT2D eigenvalue weighted by Crippen LogP contribution is -2.33. The Kier molecular flexibility index (Phi) is 5.92. The van der Waals surface area contributed by atoms with Crippen LogP contribution in [0, 0.1) is 25.5 Å². The number of hydrogen-bond donors (Lipinski definition) is 1. The number of anilines is 1. The van der Waals surface area contributed by atoms with E-state index in [-0.39, 0.29) is 31.1 Å². The van der Waals surface area contributed by atoms with E-state index in [4.69, 9.17) is 4.52 Å². The van der Waals surface area contributed by atoms with E-state index in [2.05, 4.69) is 15.5 Å². The normalized spacial score (nSPS) is 16.2. The summed E-state index contributed by atoms with van der Waals surface area (Å²) in [5.74, 6) is -1.05. The molecule has 1 aliphatic heterocycles. The van der Waals surface area contributed by atoms with Gasteiger partial charge in [-0.2, -0.15) is 0 Å². The number of benzene rings is 1. The van der Waals surface area contributed by atoms with E-state index >= 15 is 0 Å². The van der Waals surface area contributed by atoms with Crippen molar-refractivity contribution in [2.75, 3.05) is 11.4 Å². The van der Waals surface area contributed by atoms with Crippen LogP contribution in [0.15, 0.2) is 28.8 Å². The SMILES string of the molecule is Cc1cc(CNC(=O)c2sc(N3C[C@@H](C)N(Cc4cc(F)cc(F)c4)C3=O)nc2C)no1. The molecule has 11 heteroatoms. The first-order chi connectivity index (χ1) is 15.2. The van der Waals surface area contributed by atoms with Gasteiger partial charge in [-0.05, 0) is 38.5 Å². The van der Waals surface area contributed by atoms with Crippen molar-refractivity contribution in [1.82, 2.24) is 20.4 Å². The molecule has 1 saturated heterocycles. The highest BCUT2D eigenvalue weighted by atomic mass is 32.1. The molecule has 4 rings (SSSR count). The Morgan fingerprint density at radius 3 is 2.62 bits per heavy atom. The van der Waals surface area contributed by atoms with Crippen LogP contribution in [0.3, 0.4) is 0 Å². The van der Waals surface area contributed by atoms with Crippen LogP contribution in [0.1, 0.15) is 39.3 Å². The number of carbonyl (C=O) groups excluding carboxylic acids is 2. The van der Waals surface area contributed by atoms with Crippen molar-refractivity contribution in [3.63, 3.8) is 0 Å². The largest absolute Gasteiger partial charge is 0.361 e. The molecule has 0 saturated carbocycles. The zero-order chi connectivity index (χ0) is 23.0. The first-order valence-electron chi connectivity index (χ1n) is 9.92. The number of aryl methyl sites for hydroxylation is 2. The van der Waals surface area contributed by atoms with Crippen LogP contribution in [-0.2, 0) is 13.1 Å². The highest BCUT2D eigenvalue weighted by Crippen LogP contribution is 2.31. The Labute approximate surface area is 186 Å². The summed E-state index contributed by atoms with van der Waals surface area (Å²) in [5, 5.41) is 7.00. The van der Waals surface area contributed by atoms with Crippen LogP contribution in [0.25, 0.3) is 0 Å². The molecule has 1 fully saturated rings. The van der Waals surface area contributed by atoms with Gasteiger partial charge >= 0.3 is 6.03 Å². The summed E-state index contributed by atoms with van der Waals surface area (Å²) in [4.78, 5) is 33.4. The lowest BCUT2D eigenvalue weighted by atomic mass is 10.2. The monoisotopic (exact) mass is 461 g/mol. The Hall–Kier alpha value is -3.34. The highest BCUT2D eigenvalue weighted by Gasteiger charge is 2.37. The van der Waals surface area contributed by atoms with Crippen molar-refractivity contribution < 1.29 is 22.9 Å². The fourth-order valence-electron chi connectivity index (χ4n) is 3.53. The van der Waals surface area contributed by atoms with E-state index in [1.807, 2.05) is 6.92 Å². The summed E-state index contributed by atoms with van der Waals surface area (Å²) < 4.78 is 32.0. The quantitative estimate of drug-likeness (QED) is 0.603. The second kappa shape index (κ2) is 8.65. The Morgan fingerprint density at radius 1 is 1.25 bits per heavy atom. The molecule has 0 spiro atoms. The maximum Gasteiger partial charge on any atom is 0.326 e. The molecule has 1 N–H and O–H groups in total. The lowest BCUT2D eigenvalue weighted by molar-refractivity contribution is 0.0953. The van der Waals surface area contributed by atoms with Gasteiger partial charge in [-0.15, -0.1) is 0 Å². The molecule has 0 radical (unpaired) electrons. The minimum atomic E-state index is -0.692. The van der Waals surface area contributed by atoms with E-state index in [1.165, 1.54) is 21.9 Å². The number of amides is 3. The molecule has 32 heavy (non-hydrogen) atoms. The van der Waals surface area contributed by atoms with Gasteiger partial charge in [-0.1, -0.05) is 16.5 Å². The number of urea groups is 1. The molecule has 3 amide bonds. The summed E-state index contributed by atoms with van der Waals surface area (Å²) in [5.41, 5.74) is 1.47. The molecule has 2 aromatic heterocycles. The third kappa shape index (κ3) is 4.47. The number of carbonyl (C=O) groups is 2. The van der Waals surface area contributed by atoms with Gasteiger partial charge in [0, 0.05) is 24.7 Å². The smallest absolute Gasteiger partial charge is 0.326 e. The van der Waals surface area contributed by atoms with Crippen LogP contribution in [0.4, 0.5) is 18.7 Å². The molecule has 168 valence electrons. The van der Waals surface area contributed by atoms with E-state index in [0.29, 0.717) is 39.3 Å². The van der Waals surface area contributed by atoms with Crippen LogP contribution in [-0.4, -0.2) is 39.6 Å². The maximum absolute atomic E-state index is 13.5. The average Bonchev–Trinajstić information content (AvgIpc) is 3.39. The third-order valence-corrected chi connectivity index (χ3v) is 6.24. The standard InChI is InChI=1S/C21H21F2N5O3S/c1-11-9-28(21(30)27(11)10-14-5-15(22)7-16(23)6-14)20-25-13(3)18(32-20)19(29)24-8-17-4-12(2)31-26-17/h4-7,11H,8-10H2,1-3H3,(H,24,29)/t11-/m1/s1. The Bertz CT molecular complexity index is 1160. The van der Waals surface area contributed by atoms with Crippen molar-refractivity contribution >= 4 is 28.4 Å². The molecule has 1 aromatic carbocycles. The Morgan fingerprint density at radius 2 is 1.97 bits per heavy atom. The summed E-state index contributed by atoms with van der Waals surface area (Å²) in [6.45, 7) is 5.94. The number of halogens is 2. The van der Waals surface area contributed by atoms with Gasteiger partial charge in [-0.25, -0.2) is 18.6 Å². The fraction of sp³-hybridized carbons (Fsp3) is 0.333. The third-order valence-electron chi connectivity index (χ3n) is 5.06. The number of thiazole rings is 1. The van der Waals surface area contributed by atoms with Gasteiger partial charge in [0.15, 0.2) is 5.13 Å². The lowest BCUT2D eigenvalue weighted by Gasteiger charge is -2.20. The minimum absolute atomic E-state index is 0.0694. The van der Waals surface area contributed by atoms with Crippen molar-refractivity contribution in [2.45, 2.75) is 39.9 Å². The number of aromatic nitrogens is 2. The Balaban J connectivity index is 1.46. The zero-order valence-corrected chi connectivity index (χ0v) is 18.5. The number of nitrogens with zero attached hydrogens (tertiary/aromatic N) is 4. The highest BCUT2D eigenvalue weighted by molar-refractivity contribution is 7.17. The number of rotatable bonds is 6.